The Bertz CT molecular complexity index is 2810. The number of primary amides is 1. The number of urea groups is 1. The Morgan fingerprint density at radius 1 is 0.767 bits per heavy atom. The van der Waals surface area contributed by atoms with Crippen LogP contribution in [0.15, 0.2) is 42.0 Å². The summed E-state index contributed by atoms with van der Waals surface area (Å²) in [4.78, 5) is 112. The van der Waals surface area contributed by atoms with Crippen LogP contribution in [0.1, 0.15) is 129 Å². The van der Waals surface area contributed by atoms with Gasteiger partial charge in [0.05, 0.1) is 45.7 Å². The van der Waals surface area contributed by atoms with Gasteiger partial charge < -0.3 is 81.7 Å². The summed E-state index contributed by atoms with van der Waals surface area (Å²) >= 11 is 0. The quantitative estimate of drug-likeness (QED) is 0.00905. The standard InChI is InChI=1S/C60H94N16O14/c1-7-9-13-47-71-52-53(58(90-40(5)6)74-73-54(52)61)76(47)37-42-18-16-41(17-19-42)36-66-60(84)89-38-43-20-22-44(23-21-43)68-55(80)45(12-11-26-65-59(62)83)70-57(82)51(39(3)4)72-56(81)46(24-25-50(79)88-29-8-2)69-49(78)15-10-14-48(77)64-27-30-85-32-34-87-35-33-86-31-28-67-75-63/h8,20-23,39-42,45-46,51H,2,7,9-19,24-38H2,1,3-6H3,(H2,61,73)(H,64,77)(H,66,84)(H,68,80)(H,69,78)(H,70,82)(H,72,81)(H3,62,65,83)/t41?,42?,45-,46-,51-/m0/s1. The fraction of sp³-hybridized carbons (Fsp3) is 0.650. The third-order valence-electron chi connectivity index (χ3n) is 14.4. The molecule has 0 unspecified atom stereocenters. The van der Waals surface area contributed by atoms with E-state index in [1.807, 2.05) is 13.8 Å². The molecule has 1 aliphatic carbocycles. The molecule has 2 aromatic heterocycles. The molecule has 8 amide bonds. The molecule has 11 N–H and O–H groups in total. The molecule has 4 rings (SSSR count). The molecule has 30 heteroatoms. The van der Waals surface area contributed by atoms with Gasteiger partial charge in [0.1, 0.15) is 48.2 Å². The number of nitrogens with one attached hydrogen (secondary N) is 7. The first-order chi connectivity index (χ1) is 43.3. The number of azide groups is 1. The number of hydrogen-bond donors (Lipinski definition) is 9. The SMILES string of the molecule is C=CCOC(=O)CC[C@H](NC(=O)CCCC(=O)NCCOCCOCCOCCN=[N+]=[N-])C(=O)N[C@H](C(=O)N[C@@H](CCCNC(N)=O)C(=O)Nc1ccc(COC(=O)NCC2CCC(Cn3c(CCCC)nc4c(N)nnc(OC(C)C)c43)CC2)cc1)C(C)C. The zero-order chi connectivity index (χ0) is 65.6. The van der Waals surface area contributed by atoms with Crippen molar-refractivity contribution in [1.29, 1.82) is 0 Å². The largest absolute Gasteiger partial charge is 0.472 e. The number of esters is 1. The van der Waals surface area contributed by atoms with Gasteiger partial charge in [-0.05, 0) is 113 Å². The summed E-state index contributed by atoms with van der Waals surface area (Å²) < 4.78 is 35.0. The highest BCUT2D eigenvalue weighted by Gasteiger charge is 2.33. The number of aryl methyl sites for hydroxylation is 1. The molecule has 90 heavy (non-hydrogen) atoms. The fourth-order valence-corrected chi connectivity index (χ4v) is 9.64. The molecule has 0 bridgehead atoms. The van der Waals surface area contributed by atoms with Crippen molar-refractivity contribution in [3.8, 4) is 5.88 Å². The third-order valence-corrected chi connectivity index (χ3v) is 14.4. The number of hydrogen-bond acceptors (Lipinski definition) is 19. The van der Waals surface area contributed by atoms with Crippen LogP contribution in [0, 0.1) is 17.8 Å². The number of imidazole rings is 1. The lowest BCUT2D eigenvalue weighted by Gasteiger charge is -2.29. The number of carbonyl (C=O) groups excluding carboxylic acids is 8. The maximum absolute atomic E-state index is 14.1. The number of fused-ring (bicyclic) bond motifs is 1. The Labute approximate surface area is 525 Å². The molecule has 0 saturated heterocycles. The van der Waals surface area contributed by atoms with Crippen LogP contribution in [0.4, 0.5) is 21.1 Å². The summed E-state index contributed by atoms with van der Waals surface area (Å²) in [6, 6.07) is 2.09. The van der Waals surface area contributed by atoms with E-state index in [1.54, 1.807) is 38.1 Å². The highest BCUT2D eigenvalue weighted by molar-refractivity contribution is 5.99. The number of carbonyl (C=O) groups is 8. The summed E-state index contributed by atoms with van der Waals surface area (Å²) in [6.45, 7) is 16.3. The number of amides is 8. The lowest BCUT2D eigenvalue weighted by Crippen LogP contribution is -2.57. The van der Waals surface area contributed by atoms with Gasteiger partial charge >= 0.3 is 18.1 Å². The molecule has 498 valence electrons. The van der Waals surface area contributed by atoms with E-state index < -0.39 is 65.8 Å². The Morgan fingerprint density at radius 3 is 2.11 bits per heavy atom. The Hall–Kier alpha value is -8.34. The Balaban J connectivity index is 1.26. The van der Waals surface area contributed by atoms with Gasteiger partial charge in [-0.3, -0.25) is 28.8 Å². The number of anilines is 2. The van der Waals surface area contributed by atoms with Crippen LogP contribution in [0.3, 0.4) is 0 Å². The lowest BCUT2D eigenvalue weighted by atomic mass is 9.82. The van der Waals surface area contributed by atoms with E-state index in [4.69, 9.17) is 50.4 Å². The van der Waals surface area contributed by atoms with Crippen LogP contribution in [0.25, 0.3) is 21.5 Å². The van der Waals surface area contributed by atoms with Gasteiger partial charge in [0.25, 0.3) is 5.88 Å². The van der Waals surface area contributed by atoms with Crippen molar-refractivity contribution in [1.82, 2.24) is 51.6 Å². The van der Waals surface area contributed by atoms with Crippen molar-refractivity contribution in [2.45, 2.75) is 162 Å². The minimum absolute atomic E-state index is 0.00655. The highest BCUT2D eigenvalue weighted by atomic mass is 16.6. The van der Waals surface area contributed by atoms with Crippen LogP contribution < -0.4 is 53.4 Å². The van der Waals surface area contributed by atoms with E-state index in [2.05, 4.69) is 75.5 Å². The minimum Gasteiger partial charge on any atom is -0.472 e. The first kappa shape index (κ1) is 74.1. The number of aromatic nitrogens is 4. The van der Waals surface area contributed by atoms with E-state index in [0.29, 0.717) is 61.5 Å². The topological polar surface area (TPSA) is 421 Å². The van der Waals surface area contributed by atoms with Crippen molar-refractivity contribution in [2.24, 2.45) is 28.6 Å². The molecule has 0 aliphatic heterocycles. The maximum Gasteiger partial charge on any atom is 0.407 e. The highest BCUT2D eigenvalue weighted by Crippen LogP contribution is 2.34. The zero-order valence-electron chi connectivity index (χ0n) is 52.7. The minimum atomic E-state index is -1.31. The molecule has 1 fully saturated rings. The first-order valence-corrected chi connectivity index (χ1v) is 31.0. The first-order valence-electron chi connectivity index (χ1n) is 31.0. The van der Waals surface area contributed by atoms with Gasteiger partial charge in [0.2, 0.25) is 29.5 Å². The second kappa shape index (κ2) is 41.8. The van der Waals surface area contributed by atoms with Crippen molar-refractivity contribution >= 4 is 70.2 Å². The van der Waals surface area contributed by atoms with Crippen LogP contribution in [-0.2, 0) is 72.0 Å². The van der Waals surface area contributed by atoms with Crippen molar-refractivity contribution in [3.05, 3.63) is 58.8 Å². The average molecular weight is 1260 g/mol. The number of rotatable bonds is 44. The van der Waals surface area contributed by atoms with Gasteiger partial charge in [0, 0.05) is 69.0 Å². The van der Waals surface area contributed by atoms with Gasteiger partial charge in [-0.1, -0.05) is 57.1 Å². The summed E-state index contributed by atoms with van der Waals surface area (Å²) in [5.41, 5.74) is 22.2. The predicted molar refractivity (Wildman–Crippen MR) is 334 cm³/mol. The zero-order valence-corrected chi connectivity index (χ0v) is 52.7. The molecular formula is C60H94N16O14. The van der Waals surface area contributed by atoms with Crippen LogP contribution in [0.5, 0.6) is 5.88 Å². The summed E-state index contributed by atoms with van der Waals surface area (Å²) in [6.07, 6.45) is 7.02. The Kier molecular flexibility index (Phi) is 34.4. The molecule has 3 atom stereocenters. The van der Waals surface area contributed by atoms with E-state index in [-0.39, 0.29) is 115 Å². The fourth-order valence-electron chi connectivity index (χ4n) is 9.64. The van der Waals surface area contributed by atoms with E-state index >= 15 is 0 Å². The number of benzene rings is 1. The van der Waals surface area contributed by atoms with E-state index in [1.165, 1.54) is 6.08 Å². The lowest BCUT2D eigenvalue weighted by molar-refractivity contribution is -0.143. The second-order valence-electron chi connectivity index (χ2n) is 22.4. The summed E-state index contributed by atoms with van der Waals surface area (Å²) in [5, 5.41) is 30.7. The number of nitrogens with two attached hydrogens (primary N) is 2. The molecule has 3 aromatic rings. The van der Waals surface area contributed by atoms with Crippen molar-refractivity contribution < 1.29 is 66.8 Å². The average Bonchev–Trinajstić information content (AvgIpc) is 1.68. The molecule has 0 spiro atoms. The third kappa shape index (κ3) is 28.4. The predicted octanol–water partition coefficient (Wildman–Crippen LogP) is 4.92. The molecular weight excluding hydrogens is 1170 g/mol. The molecule has 1 saturated carbocycles. The van der Waals surface area contributed by atoms with Crippen molar-refractivity contribution in [3.63, 3.8) is 0 Å². The van der Waals surface area contributed by atoms with Gasteiger partial charge in [-0.25, -0.2) is 14.6 Å². The molecule has 1 aliphatic rings. The number of alkyl carbamates (subject to hydrolysis) is 1. The maximum atomic E-state index is 14.1. The molecule has 2 heterocycles. The number of nitrogens with zero attached hydrogens (tertiary/aromatic N) is 7. The molecule has 1 aromatic carbocycles. The smallest absolute Gasteiger partial charge is 0.407 e. The number of unbranched alkanes of at least 4 members (excludes halogenated alkanes) is 1. The van der Waals surface area contributed by atoms with Crippen molar-refractivity contribution in [2.75, 3.05) is 83.5 Å². The monoisotopic (exact) mass is 1260 g/mol. The second-order valence-corrected chi connectivity index (χ2v) is 22.4. The Morgan fingerprint density at radius 2 is 1.44 bits per heavy atom. The summed E-state index contributed by atoms with van der Waals surface area (Å²) in [5.74, 6) is -1.96. The molecule has 0 radical (unpaired) electrons. The normalized spacial score (nSPS) is 14.7. The molecule has 30 nitrogen and oxygen atoms in total. The van der Waals surface area contributed by atoms with Crippen LogP contribution in [0.2, 0.25) is 0 Å². The van der Waals surface area contributed by atoms with Gasteiger partial charge in [-0.15, -0.1) is 10.2 Å². The van der Waals surface area contributed by atoms with Crippen LogP contribution >= 0.6 is 0 Å². The number of nitrogen functional groups attached to an aromatic ring is 1. The van der Waals surface area contributed by atoms with Crippen LogP contribution in [-0.4, -0.2) is 164 Å². The van der Waals surface area contributed by atoms with E-state index in [9.17, 15) is 38.4 Å². The van der Waals surface area contributed by atoms with Gasteiger partial charge in [-0.2, -0.15) is 0 Å². The summed E-state index contributed by atoms with van der Waals surface area (Å²) in [7, 11) is 0. The van der Waals surface area contributed by atoms with E-state index in [0.717, 1.165) is 62.8 Å². The number of ether oxygens (including phenoxy) is 6. The van der Waals surface area contributed by atoms with Gasteiger partial charge in [0.15, 0.2) is 5.82 Å².